The lowest BCUT2D eigenvalue weighted by atomic mass is 9.86. The first-order valence-electron chi connectivity index (χ1n) is 8.04. The van der Waals surface area contributed by atoms with Gasteiger partial charge in [-0.25, -0.2) is 0 Å². The highest BCUT2D eigenvalue weighted by atomic mass is 15.1. The molecule has 3 heteroatoms. The Labute approximate surface area is 123 Å². The van der Waals surface area contributed by atoms with E-state index in [0.29, 0.717) is 12.1 Å². The second kappa shape index (κ2) is 7.07. The van der Waals surface area contributed by atoms with Gasteiger partial charge in [0.1, 0.15) is 0 Å². The largest absolute Gasteiger partial charge is 0.370 e. The Balaban J connectivity index is 1.98. The molecule has 3 nitrogen and oxygen atoms in total. The number of nitrogens with one attached hydrogen (secondary N) is 1. The summed E-state index contributed by atoms with van der Waals surface area (Å²) in [6.45, 7) is 7.64. The molecule has 1 heterocycles. The first kappa shape index (κ1) is 15.3. The molecule has 112 valence electrons. The molecule has 20 heavy (non-hydrogen) atoms. The van der Waals surface area contributed by atoms with E-state index in [2.05, 4.69) is 55.2 Å². The standard InChI is InChI=1S/C17H29N3/c1-5-18-14(3)17-11-10-16(12-19-17)20(4)15-8-6-13(2)7-9-15/h10-15,18H,5-9H2,1-4H3. The summed E-state index contributed by atoms with van der Waals surface area (Å²) in [6, 6.07) is 5.39. The number of anilines is 1. The second-order valence-corrected chi connectivity index (χ2v) is 6.25. The van der Waals surface area contributed by atoms with Crippen molar-refractivity contribution in [1.29, 1.82) is 0 Å². The van der Waals surface area contributed by atoms with E-state index in [4.69, 9.17) is 0 Å². The molecule has 1 saturated carbocycles. The van der Waals surface area contributed by atoms with Crippen LogP contribution in [0.25, 0.3) is 0 Å². The van der Waals surface area contributed by atoms with Gasteiger partial charge in [0.2, 0.25) is 0 Å². The molecule has 1 unspecified atom stereocenters. The summed E-state index contributed by atoms with van der Waals surface area (Å²) in [5, 5.41) is 3.40. The van der Waals surface area contributed by atoms with Crippen LogP contribution in [0.2, 0.25) is 0 Å². The van der Waals surface area contributed by atoms with Crippen LogP contribution in [0.4, 0.5) is 5.69 Å². The van der Waals surface area contributed by atoms with Crippen molar-refractivity contribution in [3.63, 3.8) is 0 Å². The molecule has 0 bridgehead atoms. The lowest BCUT2D eigenvalue weighted by molar-refractivity contribution is 0.340. The fourth-order valence-electron chi connectivity index (χ4n) is 3.11. The van der Waals surface area contributed by atoms with E-state index in [1.807, 2.05) is 6.20 Å². The second-order valence-electron chi connectivity index (χ2n) is 6.25. The van der Waals surface area contributed by atoms with Crippen LogP contribution in [0.1, 0.15) is 58.2 Å². The summed E-state index contributed by atoms with van der Waals surface area (Å²) in [7, 11) is 2.21. The smallest absolute Gasteiger partial charge is 0.0572 e. The van der Waals surface area contributed by atoms with Gasteiger partial charge >= 0.3 is 0 Å². The summed E-state index contributed by atoms with van der Waals surface area (Å²) in [5.74, 6) is 0.904. The molecule has 1 atom stereocenters. The van der Waals surface area contributed by atoms with Crippen LogP contribution in [-0.2, 0) is 0 Å². The predicted molar refractivity (Wildman–Crippen MR) is 86.2 cm³/mol. The van der Waals surface area contributed by atoms with Crippen molar-refractivity contribution in [3.05, 3.63) is 24.0 Å². The molecule has 0 aliphatic heterocycles. The third kappa shape index (κ3) is 3.72. The van der Waals surface area contributed by atoms with Crippen molar-refractivity contribution in [2.45, 2.75) is 58.5 Å². The maximum absolute atomic E-state index is 4.62. The van der Waals surface area contributed by atoms with Crippen molar-refractivity contribution in [3.8, 4) is 0 Å². The van der Waals surface area contributed by atoms with E-state index in [-0.39, 0.29) is 0 Å². The number of pyridine rings is 1. The Kier molecular flexibility index (Phi) is 5.41. The fraction of sp³-hybridized carbons (Fsp3) is 0.706. The molecular weight excluding hydrogens is 246 g/mol. The Morgan fingerprint density at radius 3 is 2.55 bits per heavy atom. The molecule has 0 amide bonds. The van der Waals surface area contributed by atoms with Gasteiger partial charge in [0, 0.05) is 19.1 Å². The molecule has 2 rings (SSSR count). The minimum atomic E-state index is 0.329. The van der Waals surface area contributed by atoms with Crippen LogP contribution in [0.3, 0.4) is 0 Å². The molecule has 1 N–H and O–H groups in total. The third-order valence-electron chi connectivity index (χ3n) is 4.67. The molecule has 0 spiro atoms. The van der Waals surface area contributed by atoms with Crippen LogP contribution in [-0.4, -0.2) is 24.6 Å². The SMILES string of the molecule is CCNC(C)c1ccc(N(C)C2CCC(C)CC2)cn1. The van der Waals surface area contributed by atoms with Crippen molar-refractivity contribution in [2.24, 2.45) is 5.92 Å². The molecule has 0 aromatic carbocycles. The maximum atomic E-state index is 4.62. The van der Waals surface area contributed by atoms with Gasteiger partial charge < -0.3 is 10.2 Å². The summed E-state index contributed by atoms with van der Waals surface area (Å²) in [5.41, 5.74) is 2.37. The molecule has 1 aliphatic carbocycles. The number of hydrogen-bond donors (Lipinski definition) is 1. The predicted octanol–water partition coefficient (Wildman–Crippen LogP) is 3.77. The molecule has 0 saturated heterocycles. The Morgan fingerprint density at radius 2 is 2.00 bits per heavy atom. The molecule has 1 aromatic heterocycles. The zero-order chi connectivity index (χ0) is 14.5. The van der Waals surface area contributed by atoms with Gasteiger partial charge in [-0.15, -0.1) is 0 Å². The van der Waals surface area contributed by atoms with Gasteiger partial charge in [-0.1, -0.05) is 13.8 Å². The van der Waals surface area contributed by atoms with Gasteiger partial charge in [0.05, 0.1) is 17.6 Å². The number of hydrogen-bond acceptors (Lipinski definition) is 3. The Bertz CT molecular complexity index is 393. The molecule has 0 radical (unpaired) electrons. The summed E-state index contributed by atoms with van der Waals surface area (Å²) >= 11 is 0. The van der Waals surface area contributed by atoms with Crippen molar-refractivity contribution in [2.75, 3.05) is 18.5 Å². The minimum Gasteiger partial charge on any atom is -0.370 e. The molecular formula is C17H29N3. The van der Waals surface area contributed by atoms with E-state index in [9.17, 15) is 0 Å². The Hall–Kier alpha value is -1.09. The number of nitrogens with zero attached hydrogens (tertiary/aromatic N) is 2. The third-order valence-corrected chi connectivity index (χ3v) is 4.67. The van der Waals surface area contributed by atoms with Crippen LogP contribution in [0.15, 0.2) is 18.3 Å². The number of aromatic nitrogens is 1. The van der Waals surface area contributed by atoms with E-state index >= 15 is 0 Å². The van der Waals surface area contributed by atoms with Crippen molar-refractivity contribution in [1.82, 2.24) is 10.3 Å². The van der Waals surface area contributed by atoms with Gasteiger partial charge in [0.15, 0.2) is 0 Å². The van der Waals surface area contributed by atoms with Crippen LogP contribution in [0.5, 0.6) is 0 Å². The highest BCUT2D eigenvalue weighted by Crippen LogP contribution is 2.29. The zero-order valence-corrected chi connectivity index (χ0v) is 13.4. The van der Waals surface area contributed by atoms with E-state index < -0.39 is 0 Å². The lowest BCUT2D eigenvalue weighted by Crippen LogP contribution is -2.34. The first-order chi connectivity index (χ1) is 9.61. The van der Waals surface area contributed by atoms with E-state index in [0.717, 1.165) is 18.2 Å². The van der Waals surface area contributed by atoms with Crippen molar-refractivity contribution >= 4 is 5.69 Å². The van der Waals surface area contributed by atoms with E-state index in [1.165, 1.54) is 31.4 Å². The van der Waals surface area contributed by atoms with Gasteiger partial charge in [-0.2, -0.15) is 0 Å². The molecule has 1 aromatic rings. The maximum Gasteiger partial charge on any atom is 0.0572 e. The Morgan fingerprint density at radius 1 is 1.30 bits per heavy atom. The van der Waals surface area contributed by atoms with Crippen LogP contribution >= 0.6 is 0 Å². The topological polar surface area (TPSA) is 28.2 Å². The number of rotatable bonds is 5. The first-order valence-corrected chi connectivity index (χ1v) is 8.04. The fourth-order valence-corrected chi connectivity index (χ4v) is 3.11. The van der Waals surface area contributed by atoms with Gasteiger partial charge in [-0.3, -0.25) is 4.98 Å². The highest BCUT2D eigenvalue weighted by Gasteiger charge is 2.22. The van der Waals surface area contributed by atoms with Crippen LogP contribution in [0, 0.1) is 5.92 Å². The highest BCUT2D eigenvalue weighted by molar-refractivity contribution is 5.45. The molecule has 1 fully saturated rings. The quantitative estimate of drug-likeness (QED) is 0.886. The average molecular weight is 275 g/mol. The summed E-state index contributed by atoms with van der Waals surface area (Å²) in [6.07, 6.45) is 7.37. The van der Waals surface area contributed by atoms with Crippen LogP contribution < -0.4 is 10.2 Å². The van der Waals surface area contributed by atoms with Gasteiger partial charge in [0.25, 0.3) is 0 Å². The van der Waals surface area contributed by atoms with Crippen molar-refractivity contribution < 1.29 is 0 Å². The summed E-state index contributed by atoms with van der Waals surface area (Å²) < 4.78 is 0. The average Bonchev–Trinajstić information content (AvgIpc) is 2.48. The lowest BCUT2D eigenvalue weighted by Gasteiger charge is -2.35. The molecule has 1 aliphatic rings. The monoisotopic (exact) mass is 275 g/mol. The van der Waals surface area contributed by atoms with Gasteiger partial charge in [-0.05, 0) is 57.2 Å². The zero-order valence-electron chi connectivity index (χ0n) is 13.4. The normalized spacial score (nSPS) is 24.4. The minimum absolute atomic E-state index is 0.329. The summed E-state index contributed by atoms with van der Waals surface area (Å²) in [4.78, 5) is 7.04. The van der Waals surface area contributed by atoms with E-state index in [1.54, 1.807) is 0 Å².